The number of hydrogen-bond acceptors (Lipinski definition) is 10. The lowest BCUT2D eigenvalue weighted by Gasteiger charge is -2.25. The van der Waals surface area contributed by atoms with E-state index in [0.29, 0.717) is 11.5 Å². The highest BCUT2D eigenvalue weighted by molar-refractivity contribution is 7.53. The molecule has 3 aliphatic rings. The number of nitrogens with zero attached hydrogens (tertiary/aromatic N) is 3. The van der Waals surface area contributed by atoms with Crippen LogP contribution in [0.5, 0.6) is 0 Å². The molecule has 1 N–H and O–H groups in total. The molecule has 0 radical (unpaired) electrons. The summed E-state index contributed by atoms with van der Waals surface area (Å²) in [4.78, 5) is 8.63. The summed E-state index contributed by atoms with van der Waals surface area (Å²) < 4.78 is 64.7. The molecule has 2 saturated heterocycles. The molecule has 0 spiro atoms. The van der Waals surface area contributed by atoms with Gasteiger partial charge in [-0.2, -0.15) is 9.97 Å². The summed E-state index contributed by atoms with van der Waals surface area (Å²) in [5.41, 5.74) is 0.291. The Morgan fingerprint density at radius 2 is 1.87 bits per heavy atom. The Kier molecular flexibility index (Phi) is 8.34. The second-order valence-electron chi connectivity index (χ2n) is 10.1. The van der Waals surface area contributed by atoms with E-state index in [2.05, 4.69) is 15.3 Å². The minimum atomic E-state index is -3.40. The van der Waals surface area contributed by atoms with Gasteiger partial charge in [-0.15, -0.1) is 0 Å². The first kappa shape index (κ1) is 28.2. The van der Waals surface area contributed by atoms with Crippen LogP contribution in [-0.2, 0) is 32.6 Å². The number of aromatic nitrogens is 3. The van der Waals surface area contributed by atoms with Crippen molar-refractivity contribution in [1.29, 1.82) is 0 Å². The molecule has 0 amide bonds. The van der Waals surface area contributed by atoms with Crippen LogP contribution in [0.25, 0.3) is 11.0 Å². The van der Waals surface area contributed by atoms with Crippen molar-refractivity contribution in [2.24, 2.45) is 0 Å². The standard InChI is InChI=1S/C24H35ClFN4O7P/c1-5-33-38(31,34-6-2)13-32-12-16-18-19(37-24(3,4)36-18)22(35-16)30-11-15(26)17-20(27-14-9-7-8-10-14)28-23(25)29-21(17)30/h11,14,16,18-19,22H,5-10,12-13H2,1-4H3,(H,27,28,29)/t16-,18-,19-,22-/m1/s1. The number of anilines is 1. The van der Waals surface area contributed by atoms with E-state index in [1.807, 2.05) is 0 Å². The van der Waals surface area contributed by atoms with Crippen molar-refractivity contribution < 1.29 is 37.0 Å². The van der Waals surface area contributed by atoms with Crippen LogP contribution < -0.4 is 5.32 Å². The summed E-state index contributed by atoms with van der Waals surface area (Å²) >= 11 is 6.28. The van der Waals surface area contributed by atoms with Gasteiger partial charge in [-0.25, -0.2) is 4.39 Å². The monoisotopic (exact) mass is 576 g/mol. The van der Waals surface area contributed by atoms with Gasteiger partial charge in [0, 0.05) is 12.2 Å². The number of rotatable bonds is 11. The molecule has 2 aliphatic heterocycles. The minimum Gasteiger partial charge on any atom is -0.367 e. The third kappa shape index (κ3) is 5.74. The molecule has 11 nitrogen and oxygen atoms in total. The lowest BCUT2D eigenvalue weighted by Crippen LogP contribution is -2.33. The maximum atomic E-state index is 15.4. The van der Waals surface area contributed by atoms with E-state index in [0.717, 1.165) is 25.7 Å². The van der Waals surface area contributed by atoms with Gasteiger partial charge >= 0.3 is 7.60 Å². The van der Waals surface area contributed by atoms with Crippen molar-refractivity contribution in [1.82, 2.24) is 14.5 Å². The molecule has 5 rings (SSSR count). The fourth-order valence-electron chi connectivity index (χ4n) is 5.44. The summed E-state index contributed by atoms with van der Waals surface area (Å²) in [5.74, 6) is -1.03. The first-order valence-corrected chi connectivity index (χ1v) is 15.2. The molecule has 0 unspecified atom stereocenters. The predicted molar refractivity (Wildman–Crippen MR) is 138 cm³/mol. The molecule has 3 fully saturated rings. The Hall–Kier alpha value is -1.37. The van der Waals surface area contributed by atoms with E-state index in [1.54, 1.807) is 32.3 Å². The van der Waals surface area contributed by atoms with Gasteiger partial charge in [0.25, 0.3) is 0 Å². The van der Waals surface area contributed by atoms with Gasteiger partial charge in [-0.3, -0.25) is 4.57 Å². The average molecular weight is 577 g/mol. The first-order valence-electron chi connectivity index (χ1n) is 13.1. The van der Waals surface area contributed by atoms with E-state index in [-0.39, 0.29) is 42.9 Å². The van der Waals surface area contributed by atoms with Crippen molar-refractivity contribution >= 4 is 36.0 Å². The number of fused-ring (bicyclic) bond motifs is 2. The Labute approximate surface area is 226 Å². The third-order valence-electron chi connectivity index (χ3n) is 6.88. The highest BCUT2D eigenvalue weighted by Gasteiger charge is 2.56. The molecule has 0 aromatic carbocycles. The van der Waals surface area contributed by atoms with Crippen LogP contribution >= 0.6 is 19.2 Å². The second-order valence-corrected chi connectivity index (χ2v) is 12.5. The molecule has 0 bridgehead atoms. The van der Waals surface area contributed by atoms with E-state index in [9.17, 15) is 4.57 Å². The topological polar surface area (TPSA) is 115 Å². The lowest BCUT2D eigenvalue weighted by atomic mass is 10.1. The molecule has 14 heteroatoms. The van der Waals surface area contributed by atoms with Crippen molar-refractivity contribution in [3.05, 3.63) is 17.3 Å². The number of halogens is 2. The Bertz CT molecular complexity index is 1180. The molecule has 4 heterocycles. The zero-order valence-electron chi connectivity index (χ0n) is 22.0. The number of nitrogens with one attached hydrogen (secondary N) is 1. The SMILES string of the molecule is CCOP(=O)(COC[C@H]1O[C@@H](n2cc(F)c3c(NC4CCCC4)nc(Cl)nc32)[C@@H]2OC(C)(C)O[C@@H]21)OCC. The average Bonchev–Trinajstić information content (AvgIpc) is 3.59. The summed E-state index contributed by atoms with van der Waals surface area (Å²) in [6.07, 6.45) is 2.81. The molecule has 4 atom stereocenters. The fraction of sp³-hybridized carbons (Fsp3) is 0.750. The smallest absolute Gasteiger partial charge is 0.356 e. The van der Waals surface area contributed by atoms with Crippen LogP contribution in [0.4, 0.5) is 10.2 Å². The summed E-state index contributed by atoms with van der Waals surface area (Å²) in [5, 5.41) is 3.59. The lowest BCUT2D eigenvalue weighted by molar-refractivity contribution is -0.201. The summed E-state index contributed by atoms with van der Waals surface area (Å²) in [6.45, 7) is 7.56. The van der Waals surface area contributed by atoms with Gasteiger partial charge in [-0.05, 0) is 52.1 Å². The highest BCUT2D eigenvalue weighted by atomic mass is 35.5. The Morgan fingerprint density at radius 1 is 1.18 bits per heavy atom. The van der Waals surface area contributed by atoms with Crippen LogP contribution in [0, 0.1) is 5.82 Å². The molecule has 212 valence electrons. The van der Waals surface area contributed by atoms with Gasteiger partial charge in [0.15, 0.2) is 23.5 Å². The van der Waals surface area contributed by atoms with Gasteiger partial charge in [0.05, 0.1) is 25.2 Å². The van der Waals surface area contributed by atoms with Crippen LogP contribution in [-0.4, -0.2) is 70.8 Å². The Morgan fingerprint density at radius 3 is 2.55 bits per heavy atom. The summed E-state index contributed by atoms with van der Waals surface area (Å²) in [6, 6.07) is 0.206. The zero-order chi connectivity index (χ0) is 27.1. The van der Waals surface area contributed by atoms with Gasteiger partial charge in [-0.1, -0.05) is 12.8 Å². The van der Waals surface area contributed by atoms with Crippen molar-refractivity contribution in [2.75, 3.05) is 31.5 Å². The molecule has 2 aromatic rings. The number of hydrogen-bond donors (Lipinski definition) is 1. The largest absolute Gasteiger partial charge is 0.367 e. The quantitative estimate of drug-likeness (QED) is 0.281. The van der Waals surface area contributed by atoms with Crippen molar-refractivity contribution in [3.63, 3.8) is 0 Å². The summed E-state index contributed by atoms with van der Waals surface area (Å²) in [7, 11) is -3.40. The molecule has 1 aliphatic carbocycles. The third-order valence-corrected chi connectivity index (χ3v) is 8.85. The van der Waals surface area contributed by atoms with E-state index < -0.39 is 43.7 Å². The maximum absolute atomic E-state index is 15.4. The second kappa shape index (κ2) is 11.2. The molecule has 1 saturated carbocycles. The molecular formula is C24H35ClFN4O7P. The van der Waals surface area contributed by atoms with E-state index in [4.69, 9.17) is 39.6 Å². The Balaban J connectivity index is 1.40. The van der Waals surface area contributed by atoms with Crippen LogP contribution in [0.2, 0.25) is 5.28 Å². The van der Waals surface area contributed by atoms with Crippen LogP contribution in [0.15, 0.2) is 6.20 Å². The van der Waals surface area contributed by atoms with Crippen LogP contribution in [0.1, 0.15) is 59.6 Å². The minimum absolute atomic E-state index is 0.00158. The van der Waals surface area contributed by atoms with E-state index >= 15 is 4.39 Å². The molecular weight excluding hydrogens is 542 g/mol. The van der Waals surface area contributed by atoms with Gasteiger partial charge < -0.3 is 37.9 Å². The normalized spacial score (nSPS) is 27.4. The van der Waals surface area contributed by atoms with Crippen molar-refractivity contribution in [3.8, 4) is 0 Å². The maximum Gasteiger partial charge on any atom is 0.356 e. The fourth-order valence-corrected chi connectivity index (χ4v) is 6.95. The van der Waals surface area contributed by atoms with E-state index in [1.165, 1.54) is 6.20 Å². The zero-order valence-corrected chi connectivity index (χ0v) is 23.7. The van der Waals surface area contributed by atoms with Gasteiger partial charge in [0.1, 0.15) is 30.5 Å². The highest BCUT2D eigenvalue weighted by Crippen LogP contribution is 2.49. The number of ether oxygens (including phenoxy) is 4. The van der Waals surface area contributed by atoms with Gasteiger partial charge in [0.2, 0.25) is 5.28 Å². The van der Waals surface area contributed by atoms with Crippen LogP contribution in [0.3, 0.4) is 0 Å². The first-order chi connectivity index (χ1) is 18.1. The van der Waals surface area contributed by atoms with Crippen molar-refractivity contribution in [2.45, 2.75) is 89.7 Å². The predicted octanol–water partition coefficient (Wildman–Crippen LogP) is 5.24. The molecule has 38 heavy (non-hydrogen) atoms. The molecule has 2 aromatic heterocycles.